The molecule has 6 nitrogen and oxygen atoms in total. The van der Waals surface area contributed by atoms with E-state index in [0.29, 0.717) is 12.1 Å². The Morgan fingerprint density at radius 2 is 1.61 bits per heavy atom. The Morgan fingerprint density at radius 3 is 2.28 bits per heavy atom. The number of primary amides is 1. The topological polar surface area (TPSA) is 69.7 Å². The summed E-state index contributed by atoms with van der Waals surface area (Å²) in [4.78, 5) is 14.7. The van der Waals surface area contributed by atoms with Gasteiger partial charge in [0.15, 0.2) is 0 Å². The number of methoxy groups -OCH3 is 2. The molecule has 0 fully saturated rings. The molecule has 3 aromatic carbocycles. The molecule has 0 unspecified atom stereocenters. The molecule has 0 aliphatic heterocycles. The van der Waals surface area contributed by atoms with Crippen molar-refractivity contribution in [1.29, 1.82) is 0 Å². The highest BCUT2D eigenvalue weighted by Gasteiger charge is 2.20. The molecule has 36 heavy (non-hydrogen) atoms. The van der Waals surface area contributed by atoms with Gasteiger partial charge in [0.1, 0.15) is 11.5 Å². The molecule has 0 atom stereocenters. The van der Waals surface area contributed by atoms with Gasteiger partial charge in [0.25, 0.3) is 0 Å². The summed E-state index contributed by atoms with van der Waals surface area (Å²) < 4.78 is 13.3. The van der Waals surface area contributed by atoms with Gasteiger partial charge >= 0.3 is 0 Å². The lowest BCUT2D eigenvalue weighted by molar-refractivity contribution is 0.100. The molecule has 0 saturated heterocycles. The SMILES string of the molecule is COc1cc(Cn2c3ccccc3c3c(C(N)=O)ccc(CCCCCCN(C)C)c32)cc(OC)c1. The first kappa shape index (κ1) is 25.6. The van der Waals surface area contributed by atoms with Gasteiger partial charge in [-0.15, -0.1) is 0 Å². The summed E-state index contributed by atoms with van der Waals surface area (Å²) in [5.74, 6) is 1.10. The molecule has 0 radical (unpaired) electrons. The van der Waals surface area contributed by atoms with Gasteiger partial charge in [0.2, 0.25) is 5.91 Å². The van der Waals surface area contributed by atoms with E-state index in [1.165, 1.54) is 24.8 Å². The lowest BCUT2D eigenvalue weighted by atomic mass is 9.98. The second kappa shape index (κ2) is 11.5. The maximum atomic E-state index is 12.5. The van der Waals surface area contributed by atoms with Crippen LogP contribution in [0.1, 0.15) is 47.2 Å². The molecule has 4 aromatic rings. The average molecular weight is 488 g/mol. The van der Waals surface area contributed by atoms with Crippen molar-refractivity contribution in [1.82, 2.24) is 9.47 Å². The minimum atomic E-state index is -0.402. The van der Waals surface area contributed by atoms with Gasteiger partial charge in [-0.2, -0.15) is 0 Å². The minimum absolute atomic E-state index is 0.402. The second-order valence-electron chi connectivity index (χ2n) is 9.65. The molecule has 4 rings (SSSR count). The van der Waals surface area contributed by atoms with E-state index in [4.69, 9.17) is 15.2 Å². The molecule has 6 heteroatoms. The number of fused-ring (bicyclic) bond motifs is 3. The second-order valence-corrected chi connectivity index (χ2v) is 9.65. The number of ether oxygens (including phenoxy) is 2. The monoisotopic (exact) mass is 487 g/mol. The van der Waals surface area contributed by atoms with Crippen molar-refractivity contribution < 1.29 is 14.3 Å². The summed E-state index contributed by atoms with van der Waals surface area (Å²) in [5.41, 5.74) is 10.9. The summed E-state index contributed by atoms with van der Waals surface area (Å²) >= 11 is 0. The zero-order valence-electron chi connectivity index (χ0n) is 21.8. The highest BCUT2D eigenvalue weighted by molar-refractivity contribution is 6.18. The minimum Gasteiger partial charge on any atom is -0.497 e. The third-order valence-corrected chi connectivity index (χ3v) is 6.81. The molecule has 0 spiro atoms. The van der Waals surface area contributed by atoms with E-state index in [1.54, 1.807) is 14.2 Å². The lowest BCUT2D eigenvalue weighted by Gasteiger charge is -2.14. The van der Waals surface area contributed by atoms with Gasteiger partial charge in [0, 0.05) is 34.5 Å². The maximum Gasteiger partial charge on any atom is 0.249 e. The third kappa shape index (κ3) is 5.49. The maximum absolute atomic E-state index is 12.5. The first-order chi connectivity index (χ1) is 17.4. The number of nitrogens with zero attached hydrogens (tertiary/aromatic N) is 2. The van der Waals surface area contributed by atoms with Crippen molar-refractivity contribution in [3.8, 4) is 11.5 Å². The standard InChI is InChI=1S/C30H37N3O3/c1-32(2)16-10-6-5-7-11-22-14-15-26(30(31)34)28-25-12-8-9-13-27(25)33(29(22)28)20-21-17-23(35-3)19-24(18-21)36-4/h8-9,12-15,17-19H,5-7,10-11,16,20H2,1-4H3,(H2,31,34). The molecular weight excluding hydrogens is 450 g/mol. The van der Waals surface area contributed by atoms with Crippen LogP contribution in [-0.2, 0) is 13.0 Å². The fraction of sp³-hybridized carbons (Fsp3) is 0.367. The van der Waals surface area contributed by atoms with Crippen LogP contribution in [-0.4, -0.2) is 50.2 Å². The van der Waals surface area contributed by atoms with E-state index in [-0.39, 0.29) is 0 Å². The molecule has 0 bridgehead atoms. The van der Waals surface area contributed by atoms with Crippen LogP contribution < -0.4 is 15.2 Å². The molecular formula is C30H37N3O3. The summed E-state index contributed by atoms with van der Waals surface area (Å²) in [6, 6.07) is 18.2. The molecule has 1 aromatic heterocycles. The predicted molar refractivity (Wildman–Crippen MR) is 147 cm³/mol. The Balaban J connectivity index is 1.79. The number of hydrogen-bond donors (Lipinski definition) is 1. The first-order valence-corrected chi connectivity index (χ1v) is 12.6. The summed E-state index contributed by atoms with van der Waals surface area (Å²) in [6.45, 7) is 1.74. The number of amides is 1. The number of hydrogen-bond acceptors (Lipinski definition) is 4. The van der Waals surface area contributed by atoms with Crippen molar-refractivity contribution >= 4 is 27.7 Å². The Bertz CT molecular complexity index is 1330. The Hall–Kier alpha value is -3.51. The molecule has 0 aliphatic rings. The van der Waals surface area contributed by atoms with Crippen LogP contribution in [0.2, 0.25) is 0 Å². The van der Waals surface area contributed by atoms with Crippen LogP contribution in [0, 0.1) is 0 Å². The number of carbonyl (C=O) groups excluding carboxylic acids is 1. The van der Waals surface area contributed by atoms with E-state index in [9.17, 15) is 4.79 Å². The predicted octanol–water partition coefficient (Wildman–Crippen LogP) is 5.62. The number of para-hydroxylation sites is 1. The Labute approximate surface area is 213 Å². The van der Waals surface area contributed by atoms with E-state index in [0.717, 1.165) is 58.3 Å². The summed E-state index contributed by atoms with van der Waals surface area (Å²) in [5, 5.41) is 1.99. The van der Waals surface area contributed by atoms with Gasteiger partial charge in [0.05, 0.1) is 19.7 Å². The first-order valence-electron chi connectivity index (χ1n) is 12.6. The normalized spacial score (nSPS) is 11.5. The van der Waals surface area contributed by atoms with Crippen LogP contribution in [0.25, 0.3) is 21.8 Å². The highest BCUT2D eigenvalue weighted by atomic mass is 16.5. The van der Waals surface area contributed by atoms with Crippen molar-refractivity contribution in [2.45, 2.75) is 38.6 Å². The number of nitrogens with two attached hydrogens (primary N) is 1. The molecule has 0 aliphatic carbocycles. The van der Waals surface area contributed by atoms with Crippen LogP contribution in [0.4, 0.5) is 0 Å². The van der Waals surface area contributed by atoms with Crippen molar-refractivity contribution in [3.63, 3.8) is 0 Å². The number of aromatic nitrogens is 1. The Kier molecular flexibility index (Phi) is 8.16. The van der Waals surface area contributed by atoms with Crippen LogP contribution in [0.3, 0.4) is 0 Å². The van der Waals surface area contributed by atoms with Gasteiger partial charge in [-0.3, -0.25) is 4.79 Å². The van der Waals surface area contributed by atoms with Crippen molar-refractivity contribution in [2.75, 3.05) is 34.9 Å². The molecule has 2 N–H and O–H groups in total. The van der Waals surface area contributed by atoms with Crippen molar-refractivity contribution in [2.24, 2.45) is 5.73 Å². The zero-order valence-corrected chi connectivity index (χ0v) is 21.8. The van der Waals surface area contributed by atoms with Crippen LogP contribution in [0.15, 0.2) is 54.6 Å². The molecule has 1 heterocycles. The van der Waals surface area contributed by atoms with E-state index >= 15 is 0 Å². The number of benzene rings is 3. The van der Waals surface area contributed by atoms with Crippen LogP contribution in [0.5, 0.6) is 11.5 Å². The number of unbranched alkanes of at least 4 members (excludes halogenated alkanes) is 3. The Morgan fingerprint density at radius 1 is 0.917 bits per heavy atom. The van der Waals surface area contributed by atoms with Gasteiger partial charge in [-0.1, -0.05) is 37.1 Å². The van der Waals surface area contributed by atoms with Gasteiger partial charge in [-0.25, -0.2) is 0 Å². The number of rotatable bonds is 12. The summed E-state index contributed by atoms with van der Waals surface area (Å²) in [7, 11) is 7.56. The molecule has 190 valence electrons. The van der Waals surface area contributed by atoms with E-state index in [2.05, 4.69) is 41.8 Å². The lowest BCUT2D eigenvalue weighted by Crippen LogP contribution is -2.12. The third-order valence-electron chi connectivity index (χ3n) is 6.81. The largest absolute Gasteiger partial charge is 0.497 e. The average Bonchev–Trinajstić information content (AvgIpc) is 3.20. The zero-order chi connectivity index (χ0) is 25.7. The van der Waals surface area contributed by atoms with E-state index < -0.39 is 5.91 Å². The fourth-order valence-corrected chi connectivity index (χ4v) is 5.06. The fourth-order valence-electron chi connectivity index (χ4n) is 5.06. The molecule has 1 amide bonds. The smallest absolute Gasteiger partial charge is 0.249 e. The highest BCUT2D eigenvalue weighted by Crippen LogP contribution is 2.36. The number of carbonyl (C=O) groups is 1. The summed E-state index contributed by atoms with van der Waals surface area (Å²) in [6.07, 6.45) is 5.66. The number of aryl methyl sites for hydroxylation is 1. The van der Waals surface area contributed by atoms with Gasteiger partial charge in [-0.05, 0) is 75.3 Å². The van der Waals surface area contributed by atoms with Crippen molar-refractivity contribution in [3.05, 3.63) is 71.3 Å². The van der Waals surface area contributed by atoms with E-state index in [1.807, 2.05) is 36.4 Å². The van der Waals surface area contributed by atoms with Crippen LogP contribution >= 0.6 is 0 Å². The quantitative estimate of drug-likeness (QED) is 0.263. The molecule has 0 saturated carbocycles. The van der Waals surface area contributed by atoms with Gasteiger partial charge < -0.3 is 24.7 Å².